The average molecular weight is 374 g/mol. The first kappa shape index (κ1) is 18.5. The lowest BCUT2D eigenvalue weighted by Crippen LogP contribution is -2.16. The molecule has 2 N–H and O–H groups in total. The third kappa shape index (κ3) is 4.28. The summed E-state index contributed by atoms with van der Waals surface area (Å²) in [6.07, 6.45) is -0.0248. The summed E-state index contributed by atoms with van der Waals surface area (Å²) in [7, 11) is 3.18. The van der Waals surface area contributed by atoms with Gasteiger partial charge < -0.3 is 15.2 Å². The van der Waals surface area contributed by atoms with Crippen molar-refractivity contribution in [3.63, 3.8) is 0 Å². The topological polar surface area (TPSA) is 61.0 Å². The van der Waals surface area contributed by atoms with Crippen LogP contribution >= 0.6 is 0 Å². The smallest absolute Gasteiger partial charge is 0.362 e. The van der Waals surface area contributed by atoms with Gasteiger partial charge >= 0.3 is 6.18 Å². The zero-order chi connectivity index (χ0) is 19.6. The van der Waals surface area contributed by atoms with Crippen LogP contribution in [0, 0.1) is 0 Å². The van der Waals surface area contributed by atoms with Gasteiger partial charge in [-0.05, 0) is 42.5 Å². The van der Waals surface area contributed by atoms with Crippen LogP contribution in [0.2, 0.25) is 0 Å². The van der Waals surface area contributed by atoms with Gasteiger partial charge in [-0.2, -0.15) is 13.2 Å². The Morgan fingerprint density at radius 1 is 1.19 bits per heavy atom. The maximum Gasteiger partial charge on any atom is 0.433 e. The summed E-state index contributed by atoms with van der Waals surface area (Å²) in [6, 6.07) is 9.50. The number of nitrogens with zero attached hydrogens (tertiary/aromatic N) is 2. The Balaban J connectivity index is 1.78. The molecule has 8 heteroatoms. The highest BCUT2D eigenvalue weighted by Gasteiger charge is 2.33. The minimum absolute atomic E-state index is 0.127. The molecule has 3 rings (SSSR count). The van der Waals surface area contributed by atoms with Gasteiger partial charge in [0.15, 0.2) is 0 Å². The highest BCUT2D eigenvalue weighted by atomic mass is 19.4. The Morgan fingerprint density at radius 2 is 1.96 bits per heavy atom. The van der Waals surface area contributed by atoms with Crippen molar-refractivity contribution in [3.05, 3.63) is 59.9 Å². The van der Waals surface area contributed by atoms with E-state index < -0.39 is 17.8 Å². The zero-order valence-electron chi connectivity index (χ0n) is 14.6. The second-order valence-corrected chi connectivity index (χ2v) is 6.10. The molecule has 27 heavy (non-hydrogen) atoms. The Morgan fingerprint density at radius 3 is 2.67 bits per heavy atom. The van der Waals surface area contributed by atoms with Gasteiger partial charge in [-0.15, -0.1) is 0 Å². The molecule has 3 aromatic rings. The molecule has 0 saturated carbocycles. The molecule has 2 heterocycles. The van der Waals surface area contributed by atoms with Crippen LogP contribution in [-0.4, -0.2) is 30.0 Å². The molecule has 1 amide bonds. The number of carbonyl (C=O) groups is 1. The SMILES string of the molecule is CN(C)c1nc(C(F)(F)F)ccc1/C=C/C(=O)Nc1ccc2[nH]ccc2c1. The number of carbonyl (C=O) groups excluding carboxylic acids is 1. The number of amides is 1. The maximum absolute atomic E-state index is 12.8. The van der Waals surface area contributed by atoms with Crippen molar-refractivity contribution in [2.45, 2.75) is 6.18 Å². The van der Waals surface area contributed by atoms with Crippen LogP contribution in [0.1, 0.15) is 11.3 Å². The van der Waals surface area contributed by atoms with Crippen LogP contribution < -0.4 is 10.2 Å². The monoisotopic (exact) mass is 374 g/mol. The molecule has 0 unspecified atom stereocenters. The van der Waals surface area contributed by atoms with E-state index in [1.165, 1.54) is 23.1 Å². The number of H-pyrrole nitrogens is 1. The largest absolute Gasteiger partial charge is 0.433 e. The Hall–Kier alpha value is -3.29. The highest BCUT2D eigenvalue weighted by molar-refractivity contribution is 6.03. The normalized spacial score (nSPS) is 11.9. The molecule has 1 aromatic carbocycles. The summed E-state index contributed by atoms with van der Waals surface area (Å²) in [5.74, 6) is -0.267. The van der Waals surface area contributed by atoms with Crippen molar-refractivity contribution in [3.8, 4) is 0 Å². The number of fused-ring (bicyclic) bond motifs is 1. The van der Waals surface area contributed by atoms with Crippen molar-refractivity contribution in [2.24, 2.45) is 0 Å². The fourth-order valence-electron chi connectivity index (χ4n) is 2.59. The van der Waals surface area contributed by atoms with E-state index in [1.54, 1.807) is 26.4 Å². The van der Waals surface area contributed by atoms with Gasteiger partial charge in [0.05, 0.1) is 0 Å². The molecule has 0 saturated heterocycles. The second-order valence-electron chi connectivity index (χ2n) is 6.10. The molecule has 0 aliphatic carbocycles. The van der Waals surface area contributed by atoms with Gasteiger partial charge in [-0.3, -0.25) is 4.79 Å². The molecular formula is C19H17F3N4O. The minimum Gasteiger partial charge on any atom is -0.362 e. The first-order valence-corrected chi connectivity index (χ1v) is 8.06. The fraction of sp³-hybridized carbons (Fsp3) is 0.158. The first-order valence-electron chi connectivity index (χ1n) is 8.06. The lowest BCUT2D eigenvalue weighted by Gasteiger charge is -2.16. The second kappa shape index (κ2) is 7.14. The van der Waals surface area contributed by atoms with E-state index in [1.807, 2.05) is 18.2 Å². The Bertz CT molecular complexity index is 1010. The first-order chi connectivity index (χ1) is 12.7. The van der Waals surface area contributed by atoms with Crippen LogP contribution in [0.25, 0.3) is 17.0 Å². The fourth-order valence-corrected chi connectivity index (χ4v) is 2.59. The quantitative estimate of drug-likeness (QED) is 0.670. The summed E-state index contributed by atoms with van der Waals surface area (Å²) < 4.78 is 38.5. The van der Waals surface area contributed by atoms with Gasteiger partial charge in [0.1, 0.15) is 11.5 Å². The van der Waals surface area contributed by atoms with Crippen molar-refractivity contribution in [2.75, 3.05) is 24.3 Å². The number of anilines is 2. The molecule has 0 aliphatic rings. The summed E-state index contributed by atoms with van der Waals surface area (Å²) in [5, 5.41) is 3.68. The number of rotatable bonds is 4. The van der Waals surface area contributed by atoms with E-state index in [4.69, 9.17) is 0 Å². The number of pyridine rings is 1. The standard InChI is InChI=1S/C19H17F3N4O/c1-26(2)18-12(3-7-16(25-18)19(20,21)22)4-8-17(27)24-14-5-6-15-13(11-14)9-10-23-15/h3-11,23H,1-2H3,(H,24,27)/b8-4+. The van der Waals surface area contributed by atoms with E-state index in [-0.39, 0.29) is 5.82 Å². The lowest BCUT2D eigenvalue weighted by molar-refractivity contribution is -0.141. The predicted molar refractivity (Wildman–Crippen MR) is 99.5 cm³/mol. The molecule has 0 spiro atoms. The molecule has 0 radical (unpaired) electrons. The third-order valence-electron chi connectivity index (χ3n) is 3.85. The highest BCUT2D eigenvalue weighted by Crippen LogP contribution is 2.30. The van der Waals surface area contributed by atoms with Gasteiger partial charge in [0, 0.05) is 48.5 Å². The van der Waals surface area contributed by atoms with Gasteiger partial charge in [-0.1, -0.05) is 0 Å². The third-order valence-corrected chi connectivity index (χ3v) is 3.85. The number of hydrogen-bond acceptors (Lipinski definition) is 3. The van der Waals surface area contributed by atoms with E-state index in [2.05, 4.69) is 15.3 Å². The van der Waals surface area contributed by atoms with Crippen molar-refractivity contribution >= 4 is 34.4 Å². The van der Waals surface area contributed by atoms with Crippen molar-refractivity contribution in [1.29, 1.82) is 0 Å². The number of aromatic amines is 1. The Labute approximate surface area is 153 Å². The van der Waals surface area contributed by atoms with E-state index in [0.717, 1.165) is 17.0 Å². The van der Waals surface area contributed by atoms with Crippen LogP contribution in [0.3, 0.4) is 0 Å². The minimum atomic E-state index is -4.53. The number of aromatic nitrogens is 2. The number of halogens is 3. The predicted octanol–water partition coefficient (Wildman–Crippen LogP) is 4.30. The summed E-state index contributed by atoms with van der Waals surface area (Å²) in [5.41, 5.74) is 1.00. The van der Waals surface area contributed by atoms with E-state index >= 15 is 0 Å². The number of benzene rings is 1. The Kier molecular flexibility index (Phi) is 4.89. The van der Waals surface area contributed by atoms with Gasteiger partial charge in [-0.25, -0.2) is 4.98 Å². The van der Waals surface area contributed by atoms with Gasteiger partial charge in [0.2, 0.25) is 5.91 Å². The van der Waals surface area contributed by atoms with E-state index in [0.29, 0.717) is 11.3 Å². The molecule has 0 bridgehead atoms. The lowest BCUT2D eigenvalue weighted by atomic mass is 10.2. The molecule has 5 nitrogen and oxygen atoms in total. The van der Waals surface area contributed by atoms with E-state index in [9.17, 15) is 18.0 Å². The van der Waals surface area contributed by atoms with Gasteiger partial charge in [0.25, 0.3) is 0 Å². The molecule has 140 valence electrons. The number of hydrogen-bond donors (Lipinski definition) is 2. The van der Waals surface area contributed by atoms with Crippen LogP contribution in [-0.2, 0) is 11.0 Å². The molecule has 0 fully saturated rings. The molecule has 0 atom stereocenters. The molecule has 0 aliphatic heterocycles. The summed E-state index contributed by atoms with van der Waals surface area (Å²) >= 11 is 0. The van der Waals surface area contributed by atoms with Crippen molar-refractivity contribution in [1.82, 2.24) is 9.97 Å². The number of alkyl halides is 3. The molecular weight excluding hydrogens is 357 g/mol. The van der Waals surface area contributed by atoms with Crippen LogP contribution in [0.5, 0.6) is 0 Å². The summed E-state index contributed by atoms with van der Waals surface area (Å²) in [4.78, 5) is 20.3. The maximum atomic E-state index is 12.8. The summed E-state index contributed by atoms with van der Waals surface area (Å²) in [6.45, 7) is 0. The van der Waals surface area contributed by atoms with Crippen LogP contribution in [0.15, 0.2) is 48.7 Å². The van der Waals surface area contributed by atoms with Crippen molar-refractivity contribution < 1.29 is 18.0 Å². The zero-order valence-corrected chi connectivity index (χ0v) is 14.6. The average Bonchev–Trinajstić information content (AvgIpc) is 3.06. The molecule has 2 aromatic heterocycles. The number of nitrogens with one attached hydrogen (secondary N) is 2. The van der Waals surface area contributed by atoms with Crippen LogP contribution in [0.4, 0.5) is 24.7 Å².